The van der Waals surface area contributed by atoms with E-state index in [9.17, 15) is 18.3 Å². The Labute approximate surface area is 181 Å². The van der Waals surface area contributed by atoms with Crippen LogP contribution in [0.25, 0.3) is 11.3 Å². The summed E-state index contributed by atoms with van der Waals surface area (Å²) in [5.41, 5.74) is 6.76. The Bertz CT molecular complexity index is 844. The SMILES string of the molecule is CN(CCNc1nnc(-c2cccc(Cl)c2Cl)c(N)n1)C[C@H](O)COCC(F)(F)F. The van der Waals surface area contributed by atoms with Crippen molar-refractivity contribution < 1.29 is 23.0 Å². The van der Waals surface area contributed by atoms with Gasteiger partial charge in [-0.25, -0.2) is 0 Å². The molecule has 0 aliphatic carbocycles. The second kappa shape index (κ2) is 10.9. The molecule has 1 aromatic heterocycles. The molecule has 1 atom stereocenters. The number of nitrogens with one attached hydrogen (secondary N) is 1. The summed E-state index contributed by atoms with van der Waals surface area (Å²) in [6, 6.07) is 5.04. The van der Waals surface area contributed by atoms with Gasteiger partial charge in [0.15, 0.2) is 5.82 Å². The highest BCUT2D eigenvalue weighted by Gasteiger charge is 2.27. The molecule has 0 aliphatic heterocycles. The molecule has 2 rings (SSSR count). The number of aliphatic hydroxyl groups is 1. The second-order valence-electron chi connectivity index (χ2n) is 6.44. The third-order valence-electron chi connectivity index (χ3n) is 3.80. The molecule has 0 unspecified atom stereocenters. The summed E-state index contributed by atoms with van der Waals surface area (Å²) >= 11 is 12.2. The van der Waals surface area contributed by atoms with Crippen LogP contribution in [0, 0.1) is 0 Å². The summed E-state index contributed by atoms with van der Waals surface area (Å²) in [6.45, 7) is -0.842. The Morgan fingerprint density at radius 3 is 2.70 bits per heavy atom. The molecule has 166 valence electrons. The topological polar surface area (TPSA) is 109 Å². The largest absolute Gasteiger partial charge is 0.411 e. The van der Waals surface area contributed by atoms with Crippen LogP contribution in [-0.2, 0) is 4.74 Å². The number of nitrogens with zero attached hydrogens (tertiary/aromatic N) is 4. The number of rotatable bonds is 10. The van der Waals surface area contributed by atoms with Crippen molar-refractivity contribution in [3.8, 4) is 11.3 Å². The van der Waals surface area contributed by atoms with Gasteiger partial charge in [0, 0.05) is 25.2 Å². The number of nitrogens with two attached hydrogens (primary N) is 1. The Hall–Kier alpha value is -1.92. The number of nitrogen functional groups attached to an aromatic ring is 1. The van der Waals surface area contributed by atoms with Gasteiger partial charge in [-0.3, -0.25) is 0 Å². The van der Waals surface area contributed by atoms with E-state index in [0.717, 1.165) is 0 Å². The molecule has 0 saturated heterocycles. The molecule has 0 bridgehead atoms. The first-order chi connectivity index (χ1) is 14.1. The zero-order valence-corrected chi connectivity index (χ0v) is 17.5. The van der Waals surface area contributed by atoms with E-state index >= 15 is 0 Å². The molecule has 0 saturated carbocycles. The molecule has 1 aromatic carbocycles. The normalized spacial score (nSPS) is 12.9. The summed E-state index contributed by atoms with van der Waals surface area (Å²) in [4.78, 5) is 5.85. The van der Waals surface area contributed by atoms with Crippen LogP contribution in [0.5, 0.6) is 0 Å². The number of alkyl halides is 3. The first-order valence-electron chi connectivity index (χ1n) is 8.76. The smallest absolute Gasteiger partial charge is 0.389 e. The van der Waals surface area contributed by atoms with Crippen LogP contribution in [0.3, 0.4) is 0 Å². The number of hydrogen-bond donors (Lipinski definition) is 3. The van der Waals surface area contributed by atoms with Gasteiger partial charge in [0.2, 0.25) is 5.95 Å². The lowest BCUT2D eigenvalue weighted by molar-refractivity contribution is -0.179. The van der Waals surface area contributed by atoms with Crippen molar-refractivity contribution in [1.29, 1.82) is 0 Å². The molecule has 13 heteroatoms. The number of halogens is 5. The fraction of sp³-hybridized carbons (Fsp3) is 0.471. The van der Waals surface area contributed by atoms with E-state index in [-0.39, 0.29) is 18.3 Å². The molecule has 4 N–H and O–H groups in total. The fourth-order valence-electron chi connectivity index (χ4n) is 2.46. The molecule has 0 fully saturated rings. The van der Waals surface area contributed by atoms with Crippen molar-refractivity contribution in [3.05, 3.63) is 28.2 Å². The Balaban J connectivity index is 1.81. The molecule has 8 nitrogen and oxygen atoms in total. The highest BCUT2D eigenvalue weighted by Crippen LogP contribution is 2.34. The van der Waals surface area contributed by atoms with Gasteiger partial charge in [0.25, 0.3) is 0 Å². The number of ether oxygens (including phenoxy) is 1. The summed E-state index contributed by atoms with van der Waals surface area (Å²) in [6.07, 6.45) is -5.47. The highest BCUT2D eigenvalue weighted by atomic mass is 35.5. The number of hydrogen-bond acceptors (Lipinski definition) is 8. The molecule has 0 amide bonds. The van der Waals surface area contributed by atoms with Crippen LogP contribution in [0.15, 0.2) is 18.2 Å². The summed E-state index contributed by atoms with van der Waals surface area (Å²) in [5.74, 6) is 0.305. The quantitative estimate of drug-likeness (QED) is 0.488. The van der Waals surface area contributed by atoms with Crippen molar-refractivity contribution in [1.82, 2.24) is 20.1 Å². The molecule has 0 radical (unpaired) electrons. The number of aliphatic hydroxyl groups excluding tert-OH is 1. The van der Waals surface area contributed by atoms with Gasteiger partial charge in [-0.2, -0.15) is 18.2 Å². The number of anilines is 2. The van der Waals surface area contributed by atoms with Crippen LogP contribution < -0.4 is 11.1 Å². The van der Waals surface area contributed by atoms with Gasteiger partial charge in [0.05, 0.1) is 22.8 Å². The van der Waals surface area contributed by atoms with E-state index < -0.39 is 25.5 Å². The van der Waals surface area contributed by atoms with Crippen molar-refractivity contribution in [2.75, 3.05) is 50.9 Å². The lowest BCUT2D eigenvalue weighted by atomic mass is 10.1. The van der Waals surface area contributed by atoms with Gasteiger partial charge in [0.1, 0.15) is 12.3 Å². The van der Waals surface area contributed by atoms with Gasteiger partial charge in [-0.1, -0.05) is 35.3 Å². The fourth-order valence-corrected chi connectivity index (χ4v) is 2.85. The average molecular weight is 469 g/mol. The van der Waals surface area contributed by atoms with E-state index in [4.69, 9.17) is 28.9 Å². The van der Waals surface area contributed by atoms with Crippen molar-refractivity contribution in [2.45, 2.75) is 12.3 Å². The predicted octanol–water partition coefficient (Wildman–Crippen LogP) is 2.71. The Morgan fingerprint density at radius 2 is 2.03 bits per heavy atom. The monoisotopic (exact) mass is 468 g/mol. The number of aromatic nitrogens is 3. The third kappa shape index (κ3) is 7.73. The lowest BCUT2D eigenvalue weighted by Crippen LogP contribution is -2.35. The number of benzene rings is 1. The molecular weight excluding hydrogens is 448 g/mol. The minimum atomic E-state index is -4.42. The lowest BCUT2D eigenvalue weighted by Gasteiger charge is -2.21. The Morgan fingerprint density at radius 1 is 1.30 bits per heavy atom. The minimum absolute atomic E-state index is 0.113. The molecular formula is C17H21Cl2F3N6O2. The van der Waals surface area contributed by atoms with Crippen molar-refractivity contribution in [2.24, 2.45) is 0 Å². The maximum atomic E-state index is 12.0. The van der Waals surface area contributed by atoms with E-state index in [0.29, 0.717) is 34.4 Å². The second-order valence-corrected chi connectivity index (χ2v) is 7.23. The zero-order chi connectivity index (χ0) is 22.3. The molecule has 1 heterocycles. The van der Waals surface area contributed by atoms with Gasteiger partial charge >= 0.3 is 6.18 Å². The summed E-state index contributed by atoms with van der Waals surface area (Å²) < 4.78 is 40.5. The van der Waals surface area contributed by atoms with Crippen LogP contribution in [-0.4, -0.2) is 77.4 Å². The standard InChI is InChI=1S/C17H21Cl2F3N6O2/c1-28(7-10(29)8-30-9-17(20,21)22)6-5-24-16-25-15(23)14(26-27-16)11-3-2-4-12(18)13(11)19/h2-4,10,29H,5-9H2,1H3,(H3,23,24,25,27)/t10-/m0/s1. The number of likely N-dealkylation sites (N-methyl/N-ethyl adjacent to an activating group) is 1. The maximum Gasteiger partial charge on any atom is 0.411 e. The van der Waals surface area contributed by atoms with Crippen LogP contribution >= 0.6 is 23.2 Å². The van der Waals surface area contributed by atoms with Crippen LogP contribution in [0.2, 0.25) is 10.0 Å². The van der Waals surface area contributed by atoms with Crippen molar-refractivity contribution in [3.63, 3.8) is 0 Å². The van der Waals surface area contributed by atoms with Crippen molar-refractivity contribution >= 4 is 35.0 Å². The molecule has 2 aromatic rings. The van der Waals surface area contributed by atoms with E-state index in [1.807, 2.05) is 0 Å². The zero-order valence-electron chi connectivity index (χ0n) is 16.0. The van der Waals surface area contributed by atoms with E-state index in [1.165, 1.54) is 0 Å². The first kappa shape index (κ1) is 24.4. The first-order valence-corrected chi connectivity index (χ1v) is 9.52. The molecule has 0 aliphatic rings. The molecule has 30 heavy (non-hydrogen) atoms. The van der Waals surface area contributed by atoms with Crippen LogP contribution in [0.1, 0.15) is 0 Å². The summed E-state index contributed by atoms with van der Waals surface area (Å²) in [7, 11) is 1.70. The van der Waals surface area contributed by atoms with E-state index in [1.54, 1.807) is 30.1 Å². The maximum absolute atomic E-state index is 12.0. The minimum Gasteiger partial charge on any atom is -0.389 e. The van der Waals surface area contributed by atoms with Gasteiger partial charge < -0.3 is 25.8 Å². The van der Waals surface area contributed by atoms with Crippen LogP contribution in [0.4, 0.5) is 24.9 Å². The highest BCUT2D eigenvalue weighted by molar-refractivity contribution is 6.43. The summed E-state index contributed by atoms with van der Waals surface area (Å²) in [5, 5.41) is 21.3. The van der Waals surface area contributed by atoms with E-state index in [2.05, 4.69) is 25.2 Å². The predicted molar refractivity (Wildman–Crippen MR) is 109 cm³/mol. The van der Waals surface area contributed by atoms with Gasteiger partial charge in [-0.15, -0.1) is 10.2 Å². The molecule has 0 spiro atoms. The van der Waals surface area contributed by atoms with Gasteiger partial charge in [-0.05, 0) is 13.1 Å². The third-order valence-corrected chi connectivity index (χ3v) is 4.61. The average Bonchev–Trinajstić information content (AvgIpc) is 2.63. The Kier molecular flexibility index (Phi) is 8.86.